The van der Waals surface area contributed by atoms with Crippen LogP contribution in [-0.2, 0) is 16.8 Å². The van der Waals surface area contributed by atoms with Gasteiger partial charge in [-0.05, 0) is 30.0 Å². The standard InChI is InChI=1S/C14H18O/c1-4-12-7-5-6-8-13(12)14(3)9-11(2)10-15-14/h5-8H,2,4,9-10H2,1,3H3. The van der Waals surface area contributed by atoms with E-state index >= 15 is 0 Å². The molecule has 0 radical (unpaired) electrons. The van der Waals surface area contributed by atoms with Gasteiger partial charge in [0.15, 0.2) is 0 Å². The summed E-state index contributed by atoms with van der Waals surface area (Å²) < 4.78 is 5.88. The minimum Gasteiger partial charge on any atom is -0.366 e. The molecule has 1 saturated heterocycles. The Bertz CT molecular complexity index is 381. The Hall–Kier alpha value is -1.08. The Morgan fingerprint density at radius 3 is 2.73 bits per heavy atom. The van der Waals surface area contributed by atoms with Gasteiger partial charge in [-0.2, -0.15) is 0 Å². The maximum Gasteiger partial charge on any atom is 0.0948 e. The Morgan fingerprint density at radius 2 is 2.13 bits per heavy atom. The molecule has 1 nitrogen and oxygen atoms in total. The van der Waals surface area contributed by atoms with Crippen molar-refractivity contribution < 1.29 is 4.74 Å². The lowest BCUT2D eigenvalue weighted by molar-refractivity contribution is 0.0170. The van der Waals surface area contributed by atoms with Gasteiger partial charge in [0.05, 0.1) is 12.2 Å². The predicted molar refractivity (Wildman–Crippen MR) is 62.9 cm³/mol. The van der Waals surface area contributed by atoms with Gasteiger partial charge < -0.3 is 4.74 Å². The topological polar surface area (TPSA) is 9.23 Å². The number of aryl methyl sites for hydroxylation is 1. The fourth-order valence-corrected chi connectivity index (χ4v) is 2.36. The van der Waals surface area contributed by atoms with Crippen LogP contribution >= 0.6 is 0 Å². The van der Waals surface area contributed by atoms with E-state index in [1.165, 1.54) is 16.7 Å². The van der Waals surface area contributed by atoms with Crippen LogP contribution in [0.3, 0.4) is 0 Å². The van der Waals surface area contributed by atoms with Crippen LogP contribution in [0.5, 0.6) is 0 Å². The van der Waals surface area contributed by atoms with E-state index < -0.39 is 0 Å². The number of benzene rings is 1. The molecule has 1 heterocycles. The average Bonchev–Trinajstić information content (AvgIpc) is 2.60. The molecule has 1 aliphatic rings. The van der Waals surface area contributed by atoms with Crippen molar-refractivity contribution in [3.8, 4) is 0 Å². The van der Waals surface area contributed by atoms with Crippen molar-refractivity contribution in [2.24, 2.45) is 0 Å². The molecular weight excluding hydrogens is 184 g/mol. The summed E-state index contributed by atoms with van der Waals surface area (Å²) in [7, 11) is 0. The molecule has 1 fully saturated rings. The summed E-state index contributed by atoms with van der Waals surface area (Å²) in [6, 6.07) is 8.54. The highest BCUT2D eigenvalue weighted by molar-refractivity contribution is 5.34. The molecule has 0 saturated carbocycles. The fraction of sp³-hybridized carbons (Fsp3) is 0.429. The van der Waals surface area contributed by atoms with Crippen LogP contribution < -0.4 is 0 Å². The van der Waals surface area contributed by atoms with Crippen molar-refractivity contribution >= 4 is 0 Å². The van der Waals surface area contributed by atoms with Crippen LogP contribution in [0.15, 0.2) is 36.4 Å². The molecule has 1 atom stereocenters. The Kier molecular flexibility index (Phi) is 2.66. The first-order valence-corrected chi connectivity index (χ1v) is 5.55. The van der Waals surface area contributed by atoms with E-state index in [0.717, 1.165) is 12.8 Å². The second-order valence-corrected chi connectivity index (χ2v) is 4.46. The molecule has 1 aromatic rings. The second-order valence-electron chi connectivity index (χ2n) is 4.46. The first kappa shape index (κ1) is 10.4. The van der Waals surface area contributed by atoms with Crippen molar-refractivity contribution in [3.05, 3.63) is 47.5 Å². The van der Waals surface area contributed by atoms with E-state index in [-0.39, 0.29) is 5.60 Å². The quantitative estimate of drug-likeness (QED) is 0.667. The van der Waals surface area contributed by atoms with Crippen molar-refractivity contribution in [1.82, 2.24) is 0 Å². The van der Waals surface area contributed by atoms with E-state index in [1.807, 2.05) is 0 Å². The van der Waals surface area contributed by atoms with Crippen LogP contribution in [0.25, 0.3) is 0 Å². The summed E-state index contributed by atoms with van der Waals surface area (Å²) in [5.74, 6) is 0. The third-order valence-electron chi connectivity index (χ3n) is 3.15. The van der Waals surface area contributed by atoms with Crippen LogP contribution in [0.1, 0.15) is 31.4 Å². The van der Waals surface area contributed by atoms with Crippen molar-refractivity contribution in [2.45, 2.75) is 32.3 Å². The lowest BCUT2D eigenvalue weighted by Crippen LogP contribution is -2.21. The lowest BCUT2D eigenvalue weighted by Gasteiger charge is -2.26. The van der Waals surface area contributed by atoms with Gasteiger partial charge in [0.2, 0.25) is 0 Å². The molecule has 0 aromatic heterocycles. The monoisotopic (exact) mass is 202 g/mol. The third-order valence-corrected chi connectivity index (χ3v) is 3.15. The van der Waals surface area contributed by atoms with Gasteiger partial charge >= 0.3 is 0 Å². The summed E-state index contributed by atoms with van der Waals surface area (Å²) in [6.45, 7) is 9.06. The van der Waals surface area contributed by atoms with Gasteiger partial charge in [0.1, 0.15) is 0 Å². The van der Waals surface area contributed by atoms with Gasteiger partial charge in [-0.25, -0.2) is 0 Å². The van der Waals surface area contributed by atoms with E-state index in [1.54, 1.807) is 0 Å². The van der Waals surface area contributed by atoms with Crippen molar-refractivity contribution in [1.29, 1.82) is 0 Å². The Labute approximate surface area is 91.8 Å². The first-order chi connectivity index (χ1) is 7.15. The van der Waals surface area contributed by atoms with E-state index in [0.29, 0.717) is 6.61 Å². The van der Waals surface area contributed by atoms with Gasteiger partial charge in [0.25, 0.3) is 0 Å². The van der Waals surface area contributed by atoms with Gasteiger partial charge in [-0.1, -0.05) is 37.8 Å². The van der Waals surface area contributed by atoms with E-state index in [2.05, 4.69) is 44.7 Å². The summed E-state index contributed by atoms with van der Waals surface area (Å²) >= 11 is 0. The molecule has 0 spiro atoms. The molecule has 2 rings (SSSR count). The maximum atomic E-state index is 5.88. The smallest absolute Gasteiger partial charge is 0.0948 e. The molecule has 0 bridgehead atoms. The Morgan fingerprint density at radius 1 is 1.40 bits per heavy atom. The average molecular weight is 202 g/mol. The van der Waals surface area contributed by atoms with Gasteiger partial charge in [0, 0.05) is 6.42 Å². The van der Waals surface area contributed by atoms with Crippen molar-refractivity contribution in [3.63, 3.8) is 0 Å². The Balaban J connectivity index is 2.40. The molecule has 0 N–H and O–H groups in total. The van der Waals surface area contributed by atoms with Crippen molar-refractivity contribution in [2.75, 3.05) is 6.61 Å². The van der Waals surface area contributed by atoms with Gasteiger partial charge in [-0.15, -0.1) is 0 Å². The summed E-state index contributed by atoms with van der Waals surface area (Å²) in [4.78, 5) is 0. The van der Waals surface area contributed by atoms with Crippen LogP contribution in [-0.4, -0.2) is 6.61 Å². The zero-order chi connectivity index (χ0) is 10.9. The largest absolute Gasteiger partial charge is 0.366 e. The van der Waals surface area contributed by atoms with Gasteiger partial charge in [-0.3, -0.25) is 0 Å². The number of hydrogen-bond acceptors (Lipinski definition) is 1. The molecule has 1 aliphatic heterocycles. The fourth-order valence-electron chi connectivity index (χ4n) is 2.36. The molecule has 1 heteroatoms. The second kappa shape index (κ2) is 3.82. The lowest BCUT2D eigenvalue weighted by atomic mass is 9.87. The van der Waals surface area contributed by atoms with E-state index in [9.17, 15) is 0 Å². The highest BCUT2D eigenvalue weighted by atomic mass is 16.5. The summed E-state index contributed by atoms with van der Waals surface area (Å²) in [5, 5.41) is 0. The summed E-state index contributed by atoms with van der Waals surface area (Å²) in [5.41, 5.74) is 3.76. The van der Waals surface area contributed by atoms with E-state index in [4.69, 9.17) is 4.74 Å². The zero-order valence-electron chi connectivity index (χ0n) is 9.55. The molecular formula is C14H18O. The third kappa shape index (κ3) is 1.84. The number of rotatable bonds is 2. The number of ether oxygens (including phenoxy) is 1. The molecule has 0 aliphatic carbocycles. The predicted octanol–water partition coefficient (Wildman–Crippen LogP) is 3.44. The first-order valence-electron chi connectivity index (χ1n) is 5.55. The molecule has 1 aromatic carbocycles. The molecule has 80 valence electrons. The minimum atomic E-state index is -0.149. The number of hydrogen-bond donors (Lipinski definition) is 0. The van der Waals surface area contributed by atoms with Crippen LogP contribution in [0, 0.1) is 0 Å². The molecule has 1 unspecified atom stereocenters. The molecule has 15 heavy (non-hydrogen) atoms. The van der Waals surface area contributed by atoms with Crippen LogP contribution in [0.2, 0.25) is 0 Å². The summed E-state index contributed by atoms with van der Waals surface area (Å²) in [6.07, 6.45) is 2.01. The maximum absolute atomic E-state index is 5.88. The SMILES string of the molecule is C=C1COC(C)(c2ccccc2CC)C1. The minimum absolute atomic E-state index is 0.149. The highest BCUT2D eigenvalue weighted by Gasteiger charge is 2.34. The highest BCUT2D eigenvalue weighted by Crippen LogP contribution is 2.39. The zero-order valence-corrected chi connectivity index (χ0v) is 9.55. The molecule has 0 amide bonds. The normalized spacial score (nSPS) is 25.9. The van der Waals surface area contributed by atoms with Crippen LogP contribution in [0.4, 0.5) is 0 Å².